The molecule has 1 aromatic carbocycles. The fourth-order valence-electron chi connectivity index (χ4n) is 3.40. The molecule has 3 rings (SSSR count). The lowest BCUT2D eigenvalue weighted by atomic mass is 9.85. The van der Waals surface area contributed by atoms with Crippen molar-refractivity contribution in [1.82, 2.24) is 5.32 Å². The van der Waals surface area contributed by atoms with Gasteiger partial charge in [-0.05, 0) is 59.9 Å². The highest BCUT2D eigenvalue weighted by molar-refractivity contribution is 7.09. The van der Waals surface area contributed by atoms with Gasteiger partial charge in [0.25, 0.3) is 0 Å². The average Bonchev–Trinajstić information content (AvgIpc) is 2.98. The molecule has 1 aliphatic rings. The number of hydrogen-bond donors (Lipinski definition) is 1. The van der Waals surface area contributed by atoms with Crippen LogP contribution >= 0.6 is 22.9 Å². The minimum absolute atomic E-state index is 0.233. The second kappa shape index (κ2) is 5.75. The topological polar surface area (TPSA) is 12.0 Å². The van der Waals surface area contributed by atoms with Crippen molar-refractivity contribution < 1.29 is 0 Å². The van der Waals surface area contributed by atoms with Gasteiger partial charge in [-0.2, -0.15) is 0 Å². The summed E-state index contributed by atoms with van der Waals surface area (Å²) >= 11 is 8.04. The van der Waals surface area contributed by atoms with E-state index in [9.17, 15) is 0 Å². The summed E-state index contributed by atoms with van der Waals surface area (Å²) in [7, 11) is 0. The molecule has 112 valence electrons. The van der Waals surface area contributed by atoms with Gasteiger partial charge in [0.1, 0.15) is 0 Å². The zero-order valence-electron chi connectivity index (χ0n) is 12.8. The molecule has 0 saturated heterocycles. The van der Waals surface area contributed by atoms with E-state index in [0.717, 1.165) is 17.9 Å². The van der Waals surface area contributed by atoms with Gasteiger partial charge in [-0.15, -0.1) is 11.3 Å². The van der Waals surface area contributed by atoms with E-state index in [1.807, 2.05) is 17.4 Å². The number of benzene rings is 1. The second-order valence-electron chi connectivity index (χ2n) is 6.79. The Morgan fingerprint density at radius 3 is 2.90 bits per heavy atom. The molecule has 0 spiro atoms. The number of thiophene rings is 1. The molecule has 1 aliphatic carbocycles. The standard InChI is InChI=1S/C18H22ClNS/c1-12(9-15-5-4-8-21-15)20-17-16-10-14(19)7-6-13(16)11-18(17,2)3/h4-8,10,12,17,20H,9,11H2,1-3H3. The van der Waals surface area contributed by atoms with Gasteiger partial charge in [0, 0.05) is 22.0 Å². The molecule has 0 saturated carbocycles. The third-order valence-electron chi connectivity index (χ3n) is 4.39. The lowest BCUT2D eigenvalue weighted by Gasteiger charge is -2.31. The zero-order valence-corrected chi connectivity index (χ0v) is 14.4. The van der Waals surface area contributed by atoms with Gasteiger partial charge in [0.05, 0.1) is 0 Å². The van der Waals surface area contributed by atoms with E-state index >= 15 is 0 Å². The van der Waals surface area contributed by atoms with E-state index in [-0.39, 0.29) is 5.41 Å². The lowest BCUT2D eigenvalue weighted by molar-refractivity contribution is 0.251. The Morgan fingerprint density at radius 1 is 1.38 bits per heavy atom. The summed E-state index contributed by atoms with van der Waals surface area (Å²) in [5.74, 6) is 0. The molecule has 0 amide bonds. The molecular weight excluding hydrogens is 298 g/mol. The number of hydrogen-bond acceptors (Lipinski definition) is 2. The minimum atomic E-state index is 0.233. The molecule has 2 aromatic rings. The van der Waals surface area contributed by atoms with Gasteiger partial charge in [-0.3, -0.25) is 0 Å². The predicted octanol–water partition coefficient (Wildman–Crippen LogP) is 5.25. The molecule has 0 aliphatic heterocycles. The molecule has 1 aromatic heterocycles. The van der Waals surface area contributed by atoms with Crippen LogP contribution in [-0.4, -0.2) is 6.04 Å². The van der Waals surface area contributed by atoms with Crippen LogP contribution in [0.25, 0.3) is 0 Å². The number of fused-ring (bicyclic) bond motifs is 1. The highest BCUT2D eigenvalue weighted by atomic mass is 35.5. The Labute approximate surface area is 136 Å². The van der Waals surface area contributed by atoms with Crippen molar-refractivity contribution in [3.05, 3.63) is 56.7 Å². The molecule has 2 unspecified atom stereocenters. The van der Waals surface area contributed by atoms with Crippen LogP contribution in [-0.2, 0) is 12.8 Å². The van der Waals surface area contributed by atoms with Crippen molar-refractivity contribution in [1.29, 1.82) is 0 Å². The van der Waals surface area contributed by atoms with E-state index in [1.165, 1.54) is 16.0 Å². The first-order valence-electron chi connectivity index (χ1n) is 7.52. The van der Waals surface area contributed by atoms with Crippen molar-refractivity contribution >= 4 is 22.9 Å². The largest absolute Gasteiger partial charge is 0.307 e. The third-order valence-corrected chi connectivity index (χ3v) is 5.52. The summed E-state index contributed by atoms with van der Waals surface area (Å²) in [6.45, 7) is 6.96. The molecule has 0 radical (unpaired) electrons. The highest BCUT2D eigenvalue weighted by Crippen LogP contribution is 2.46. The van der Waals surface area contributed by atoms with Crippen LogP contribution in [0.3, 0.4) is 0 Å². The monoisotopic (exact) mass is 319 g/mol. The smallest absolute Gasteiger partial charge is 0.0409 e. The van der Waals surface area contributed by atoms with Crippen molar-refractivity contribution in [2.24, 2.45) is 5.41 Å². The Hall–Kier alpha value is -0.830. The van der Waals surface area contributed by atoms with Gasteiger partial charge in [0.2, 0.25) is 0 Å². The van der Waals surface area contributed by atoms with Gasteiger partial charge in [-0.1, -0.05) is 37.6 Å². The molecule has 1 N–H and O–H groups in total. The Balaban J connectivity index is 1.79. The maximum absolute atomic E-state index is 6.21. The van der Waals surface area contributed by atoms with Crippen LogP contribution < -0.4 is 5.32 Å². The first-order valence-corrected chi connectivity index (χ1v) is 8.78. The molecule has 1 heterocycles. The van der Waals surface area contributed by atoms with Crippen LogP contribution in [0.4, 0.5) is 0 Å². The Bertz CT molecular complexity index is 618. The first-order chi connectivity index (χ1) is 9.95. The molecule has 2 atom stereocenters. The summed E-state index contributed by atoms with van der Waals surface area (Å²) in [4.78, 5) is 1.44. The lowest BCUT2D eigenvalue weighted by Crippen LogP contribution is -2.38. The van der Waals surface area contributed by atoms with E-state index in [2.05, 4.69) is 55.7 Å². The van der Waals surface area contributed by atoms with Crippen LogP contribution in [0.5, 0.6) is 0 Å². The van der Waals surface area contributed by atoms with Gasteiger partial charge >= 0.3 is 0 Å². The van der Waals surface area contributed by atoms with Crippen LogP contribution in [0, 0.1) is 5.41 Å². The minimum Gasteiger partial charge on any atom is -0.307 e. The SMILES string of the molecule is CC(Cc1cccs1)NC1c2cc(Cl)ccc2CC1(C)C. The zero-order chi connectivity index (χ0) is 15.0. The third kappa shape index (κ3) is 3.18. The van der Waals surface area contributed by atoms with Gasteiger partial charge in [0.15, 0.2) is 0 Å². The molecule has 1 nitrogen and oxygen atoms in total. The summed E-state index contributed by atoms with van der Waals surface area (Å²) in [5, 5.41) is 6.83. The highest BCUT2D eigenvalue weighted by Gasteiger charge is 2.39. The summed E-state index contributed by atoms with van der Waals surface area (Å²) in [6, 6.07) is 11.5. The number of halogens is 1. The molecule has 21 heavy (non-hydrogen) atoms. The summed E-state index contributed by atoms with van der Waals surface area (Å²) in [5.41, 5.74) is 3.05. The van der Waals surface area contributed by atoms with Crippen molar-refractivity contribution in [3.8, 4) is 0 Å². The number of nitrogens with one attached hydrogen (secondary N) is 1. The van der Waals surface area contributed by atoms with E-state index in [0.29, 0.717) is 12.1 Å². The maximum Gasteiger partial charge on any atom is 0.0409 e. The van der Waals surface area contributed by atoms with Gasteiger partial charge < -0.3 is 5.32 Å². The predicted molar refractivity (Wildman–Crippen MR) is 92.3 cm³/mol. The quantitative estimate of drug-likeness (QED) is 0.812. The van der Waals surface area contributed by atoms with Crippen molar-refractivity contribution in [3.63, 3.8) is 0 Å². The molecule has 0 bridgehead atoms. The normalized spacial score (nSPS) is 21.2. The van der Waals surface area contributed by atoms with E-state index in [1.54, 1.807) is 0 Å². The van der Waals surface area contributed by atoms with Crippen LogP contribution in [0.1, 0.15) is 42.8 Å². The Kier molecular flexibility index (Phi) is 4.13. The van der Waals surface area contributed by atoms with Crippen LogP contribution in [0.2, 0.25) is 5.02 Å². The van der Waals surface area contributed by atoms with Crippen molar-refractivity contribution in [2.45, 2.75) is 45.7 Å². The molecule has 3 heteroatoms. The second-order valence-corrected chi connectivity index (χ2v) is 8.26. The van der Waals surface area contributed by atoms with E-state index < -0.39 is 0 Å². The van der Waals surface area contributed by atoms with E-state index in [4.69, 9.17) is 11.6 Å². The first kappa shape index (κ1) is 15.1. The molecule has 0 fully saturated rings. The summed E-state index contributed by atoms with van der Waals surface area (Å²) in [6.07, 6.45) is 2.20. The fraction of sp³-hybridized carbons (Fsp3) is 0.444. The fourth-order valence-corrected chi connectivity index (χ4v) is 4.41. The number of rotatable bonds is 4. The van der Waals surface area contributed by atoms with Crippen LogP contribution in [0.15, 0.2) is 35.7 Å². The average molecular weight is 320 g/mol. The van der Waals surface area contributed by atoms with Gasteiger partial charge in [-0.25, -0.2) is 0 Å². The van der Waals surface area contributed by atoms with Crippen molar-refractivity contribution in [2.75, 3.05) is 0 Å². The maximum atomic E-state index is 6.21. The molecular formula is C18H22ClNS. The Morgan fingerprint density at radius 2 is 2.19 bits per heavy atom. The summed E-state index contributed by atoms with van der Waals surface area (Å²) < 4.78 is 0.